The van der Waals surface area contributed by atoms with Crippen LogP contribution in [0.2, 0.25) is 0 Å². The van der Waals surface area contributed by atoms with Crippen molar-refractivity contribution in [2.45, 2.75) is 6.43 Å². The van der Waals surface area contributed by atoms with Crippen LogP contribution in [0.15, 0.2) is 6.20 Å². The Morgan fingerprint density at radius 3 is 2.57 bits per heavy atom. The van der Waals surface area contributed by atoms with Crippen molar-refractivity contribution in [3.63, 3.8) is 0 Å². The van der Waals surface area contributed by atoms with Crippen molar-refractivity contribution >= 4 is 28.5 Å². The van der Waals surface area contributed by atoms with Gasteiger partial charge in [0.05, 0.1) is 9.13 Å². The number of hydrogen-bond acceptors (Lipinski definition) is 2. The van der Waals surface area contributed by atoms with E-state index in [0.717, 1.165) is 6.20 Å². The van der Waals surface area contributed by atoms with Gasteiger partial charge in [0.2, 0.25) is 0 Å². The lowest BCUT2D eigenvalue weighted by Gasteiger charge is -2.05. The molecule has 0 saturated carbocycles. The van der Waals surface area contributed by atoms with Crippen LogP contribution in [-0.4, -0.2) is 10.9 Å². The van der Waals surface area contributed by atoms with E-state index in [4.69, 9.17) is 5.73 Å². The molecule has 0 atom stereocenters. The lowest BCUT2D eigenvalue weighted by Crippen LogP contribution is -2.17. The second-order valence-corrected chi connectivity index (χ2v) is 3.43. The molecular weight excluding hydrogens is 312 g/mol. The van der Waals surface area contributed by atoms with Gasteiger partial charge >= 0.3 is 0 Å². The van der Waals surface area contributed by atoms with Gasteiger partial charge in [0, 0.05) is 6.20 Å². The molecule has 14 heavy (non-hydrogen) atoms. The smallest absolute Gasteiger partial charge is 0.270 e. The second-order valence-electron chi connectivity index (χ2n) is 2.36. The molecule has 0 aliphatic heterocycles. The van der Waals surface area contributed by atoms with Gasteiger partial charge in [0.25, 0.3) is 12.3 Å². The Bertz CT molecular complexity index is 383. The van der Waals surface area contributed by atoms with Crippen LogP contribution in [0.1, 0.15) is 22.5 Å². The average Bonchev–Trinajstić information content (AvgIpc) is 2.08. The van der Waals surface area contributed by atoms with Crippen LogP contribution in [0.4, 0.5) is 13.2 Å². The third-order valence-electron chi connectivity index (χ3n) is 1.46. The normalized spacial score (nSPS) is 10.6. The minimum atomic E-state index is -2.83. The third kappa shape index (κ3) is 1.97. The van der Waals surface area contributed by atoms with Crippen molar-refractivity contribution in [3.8, 4) is 0 Å². The van der Waals surface area contributed by atoms with Gasteiger partial charge in [0.1, 0.15) is 0 Å². The minimum Gasteiger partial charge on any atom is -0.364 e. The molecule has 7 heteroatoms. The highest BCUT2D eigenvalue weighted by Gasteiger charge is 2.20. The van der Waals surface area contributed by atoms with Crippen LogP contribution >= 0.6 is 22.6 Å². The Hall–Kier alpha value is -0.860. The first kappa shape index (κ1) is 11.2. The number of halogens is 4. The summed E-state index contributed by atoms with van der Waals surface area (Å²) in [5.41, 5.74) is 3.60. The van der Waals surface area contributed by atoms with Crippen LogP contribution in [0, 0.1) is 9.39 Å². The molecular formula is C7H4F3IN2O. The number of nitrogens with two attached hydrogens (primary N) is 1. The lowest BCUT2D eigenvalue weighted by atomic mass is 10.2. The summed E-state index contributed by atoms with van der Waals surface area (Å²) in [5.74, 6) is -2.18. The highest BCUT2D eigenvalue weighted by atomic mass is 127. The number of carbonyl (C=O) groups is 1. The fourth-order valence-electron chi connectivity index (χ4n) is 0.802. The number of amides is 1. The summed E-state index contributed by atoms with van der Waals surface area (Å²) in [5, 5.41) is 0. The van der Waals surface area contributed by atoms with E-state index in [1.807, 2.05) is 0 Å². The zero-order chi connectivity index (χ0) is 10.9. The molecule has 0 aromatic carbocycles. The quantitative estimate of drug-likeness (QED) is 0.847. The number of pyridine rings is 1. The van der Waals surface area contributed by atoms with E-state index >= 15 is 0 Å². The first-order valence-electron chi connectivity index (χ1n) is 3.37. The van der Waals surface area contributed by atoms with Crippen molar-refractivity contribution in [3.05, 3.63) is 26.8 Å². The Balaban J connectivity index is 3.33. The number of primary amides is 1. The highest BCUT2D eigenvalue weighted by Crippen LogP contribution is 2.26. The van der Waals surface area contributed by atoms with Gasteiger partial charge in [0.15, 0.2) is 11.5 Å². The molecule has 0 radical (unpaired) electrons. The number of nitrogens with zero attached hydrogens (tertiary/aromatic N) is 1. The van der Waals surface area contributed by atoms with E-state index in [1.165, 1.54) is 22.6 Å². The Labute approximate surface area is 90.6 Å². The van der Waals surface area contributed by atoms with Crippen molar-refractivity contribution in [2.75, 3.05) is 0 Å². The Morgan fingerprint density at radius 2 is 2.14 bits per heavy atom. The largest absolute Gasteiger partial charge is 0.364 e. The molecule has 76 valence electrons. The monoisotopic (exact) mass is 316 g/mol. The van der Waals surface area contributed by atoms with Gasteiger partial charge in [-0.1, -0.05) is 0 Å². The Kier molecular flexibility index (Phi) is 3.29. The number of alkyl halides is 2. The lowest BCUT2D eigenvalue weighted by molar-refractivity contribution is 0.0989. The molecule has 2 N–H and O–H groups in total. The number of aromatic nitrogens is 1. The number of hydrogen-bond donors (Lipinski definition) is 1. The third-order valence-corrected chi connectivity index (χ3v) is 2.55. The summed E-state index contributed by atoms with van der Waals surface area (Å²) in [7, 11) is 0. The second kappa shape index (κ2) is 4.11. The molecule has 0 fully saturated rings. The fourth-order valence-corrected chi connectivity index (χ4v) is 1.43. The first-order chi connectivity index (χ1) is 6.45. The first-order valence-corrected chi connectivity index (χ1v) is 4.45. The number of rotatable bonds is 2. The van der Waals surface area contributed by atoms with Gasteiger partial charge < -0.3 is 5.73 Å². The molecule has 0 bridgehead atoms. The van der Waals surface area contributed by atoms with Crippen molar-refractivity contribution < 1.29 is 18.0 Å². The van der Waals surface area contributed by atoms with Crippen LogP contribution in [0.3, 0.4) is 0 Å². The van der Waals surface area contributed by atoms with Crippen molar-refractivity contribution in [1.82, 2.24) is 4.98 Å². The zero-order valence-corrected chi connectivity index (χ0v) is 8.76. The van der Waals surface area contributed by atoms with E-state index in [1.54, 1.807) is 0 Å². The Morgan fingerprint density at radius 1 is 1.57 bits per heavy atom. The molecule has 0 unspecified atom stereocenters. The van der Waals surface area contributed by atoms with Crippen LogP contribution in [0.5, 0.6) is 0 Å². The van der Waals surface area contributed by atoms with E-state index in [0.29, 0.717) is 0 Å². The molecule has 1 aromatic rings. The molecule has 0 aliphatic rings. The summed E-state index contributed by atoms with van der Waals surface area (Å²) >= 11 is 1.38. The van der Waals surface area contributed by atoms with E-state index in [2.05, 4.69) is 4.98 Å². The standard InChI is InChI=1S/C7H4F3IN2O/c8-3-4(11)2(6(9)10)1-13-5(3)7(12)14/h1,6H,(H2,12,14). The zero-order valence-electron chi connectivity index (χ0n) is 6.60. The van der Waals surface area contributed by atoms with Gasteiger partial charge in [-0.3, -0.25) is 4.79 Å². The summed E-state index contributed by atoms with van der Waals surface area (Å²) in [4.78, 5) is 13.8. The maximum atomic E-state index is 13.2. The van der Waals surface area contributed by atoms with Gasteiger partial charge in [-0.25, -0.2) is 18.2 Å². The van der Waals surface area contributed by atoms with Crippen molar-refractivity contribution in [2.24, 2.45) is 5.73 Å². The molecule has 1 amide bonds. The van der Waals surface area contributed by atoms with E-state index in [9.17, 15) is 18.0 Å². The maximum Gasteiger partial charge on any atom is 0.270 e. The SMILES string of the molecule is NC(=O)c1ncc(C(F)F)c(I)c1F. The molecule has 3 nitrogen and oxygen atoms in total. The molecule has 0 saturated heterocycles. The van der Waals surface area contributed by atoms with Crippen LogP contribution in [0.25, 0.3) is 0 Å². The van der Waals surface area contributed by atoms with E-state index < -0.39 is 29.4 Å². The van der Waals surface area contributed by atoms with E-state index in [-0.39, 0.29) is 3.57 Å². The molecule has 0 spiro atoms. The van der Waals surface area contributed by atoms with Gasteiger partial charge in [-0.15, -0.1) is 0 Å². The minimum absolute atomic E-state index is 0.332. The predicted octanol–water partition coefficient (Wildman–Crippen LogP) is 1.86. The van der Waals surface area contributed by atoms with Crippen LogP contribution in [-0.2, 0) is 0 Å². The molecule has 1 aromatic heterocycles. The average molecular weight is 316 g/mol. The highest BCUT2D eigenvalue weighted by molar-refractivity contribution is 14.1. The van der Waals surface area contributed by atoms with Gasteiger partial charge in [-0.2, -0.15) is 0 Å². The van der Waals surface area contributed by atoms with Crippen molar-refractivity contribution in [1.29, 1.82) is 0 Å². The summed E-state index contributed by atoms with van der Waals surface area (Å²) < 4.78 is 37.3. The summed E-state index contributed by atoms with van der Waals surface area (Å²) in [6.07, 6.45) is -2.08. The fraction of sp³-hybridized carbons (Fsp3) is 0.143. The maximum absolute atomic E-state index is 13.2. The predicted molar refractivity (Wildman–Crippen MR) is 50.4 cm³/mol. The summed E-state index contributed by atoms with van der Waals surface area (Å²) in [6, 6.07) is 0. The van der Waals surface area contributed by atoms with Gasteiger partial charge in [-0.05, 0) is 22.6 Å². The summed E-state index contributed by atoms with van der Waals surface area (Å²) in [6.45, 7) is 0. The van der Waals surface area contributed by atoms with Crippen LogP contribution < -0.4 is 5.73 Å². The molecule has 0 aliphatic carbocycles. The topological polar surface area (TPSA) is 56.0 Å². The molecule has 1 rings (SSSR count). The molecule has 1 heterocycles. The number of carbonyl (C=O) groups excluding carboxylic acids is 1.